The van der Waals surface area contributed by atoms with E-state index in [9.17, 15) is 4.79 Å². The summed E-state index contributed by atoms with van der Waals surface area (Å²) in [6.07, 6.45) is 8.05. The van der Waals surface area contributed by atoms with Gasteiger partial charge in [0.25, 0.3) is 0 Å². The van der Waals surface area contributed by atoms with Crippen LogP contribution in [0.4, 0.5) is 0 Å². The molecule has 0 unspecified atom stereocenters. The van der Waals surface area contributed by atoms with Crippen molar-refractivity contribution in [3.05, 3.63) is 35.5 Å². The van der Waals surface area contributed by atoms with E-state index < -0.39 is 50.0 Å². The molecule has 10 heteroatoms. The molecule has 4 heterocycles. The molecule has 2 bridgehead atoms. The van der Waals surface area contributed by atoms with E-state index in [4.69, 9.17) is 37.6 Å². The number of carbonyl (C=O) groups excluding carboxylic acids is 1. The Kier molecular flexibility index (Phi) is 10.3. The summed E-state index contributed by atoms with van der Waals surface area (Å²) in [7, 11) is -0.494. The third-order valence-corrected chi connectivity index (χ3v) is 16.0. The zero-order valence-electron chi connectivity index (χ0n) is 31.0. The highest BCUT2D eigenvalue weighted by atomic mass is 28.4. The van der Waals surface area contributed by atoms with Crippen LogP contribution in [-0.2, 0) is 42.4 Å². The van der Waals surface area contributed by atoms with Crippen molar-refractivity contribution >= 4 is 14.3 Å². The molecule has 5 aliphatic rings. The summed E-state index contributed by atoms with van der Waals surface area (Å²) in [5.74, 6) is -1.08. The molecule has 266 valence electrons. The third kappa shape index (κ3) is 7.27. The van der Waals surface area contributed by atoms with Crippen LogP contribution in [0.3, 0.4) is 0 Å². The number of hydrogen-bond donors (Lipinski definition) is 0. The number of esters is 1. The fraction of sp³-hybridized carbons (Fsp3) is 0.811. The molecular formula is C37H60O9Si. The van der Waals surface area contributed by atoms with Gasteiger partial charge in [-0.25, -0.2) is 0 Å². The summed E-state index contributed by atoms with van der Waals surface area (Å²) in [6, 6.07) is 0. The first-order chi connectivity index (χ1) is 21.7. The Balaban J connectivity index is 1.53. The molecule has 1 aliphatic carbocycles. The largest absolute Gasteiger partial charge is 0.454 e. The smallest absolute Gasteiger partial charge is 0.303 e. The summed E-state index contributed by atoms with van der Waals surface area (Å²) in [5.41, 5.74) is 1.51. The maximum atomic E-state index is 12.2. The molecule has 0 N–H and O–H groups in total. The Labute approximate surface area is 283 Å². The van der Waals surface area contributed by atoms with Crippen LogP contribution in [0.25, 0.3) is 0 Å². The molecule has 0 radical (unpaired) electrons. The summed E-state index contributed by atoms with van der Waals surface area (Å²) in [5, 5.41) is 0.0395. The van der Waals surface area contributed by atoms with Crippen molar-refractivity contribution in [2.75, 3.05) is 20.3 Å². The highest BCUT2D eigenvalue weighted by Crippen LogP contribution is 2.51. The van der Waals surface area contributed by atoms with E-state index in [0.29, 0.717) is 11.8 Å². The Bertz CT molecular complexity index is 1260. The van der Waals surface area contributed by atoms with Gasteiger partial charge in [0.05, 0.1) is 19.3 Å². The van der Waals surface area contributed by atoms with E-state index in [0.717, 1.165) is 18.4 Å². The number of rotatable bonds is 8. The Hall–Kier alpha value is -1.37. The van der Waals surface area contributed by atoms with Crippen LogP contribution in [0.1, 0.15) is 82.1 Å². The van der Waals surface area contributed by atoms with E-state index in [1.165, 1.54) is 12.5 Å². The van der Waals surface area contributed by atoms with Crippen molar-refractivity contribution < 1.29 is 42.4 Å². The van der Waals surface area contributed by atoms with Gasteiger partial charge < -0.3 is 37.6 Å². The zero-order chi connectivity index (χ0) is 34.7. The Morgan fingerprint density at radius 1 is 1.13 bits per heavy atom. The second-order valence-electron chi connectivity index (χ2n) is 16.8. The average Bonchev–Trinajstić information content (AvgIpc) is 3.49. The van der Waals surface area contributed by atoms with Gasteiger partial charge in [0.15, 0.2) is 26.5 Å². The first-order valence-electron chi connectivity index (χ1n) is 17.5. The first-order valence-corrected chi connectivity index (χ1v) is 20.4. The van der Waals surface area contributed by atoms with Gasteiger partial charge in [-0.3, -0.25) is 4.79 Å². The molecule has 0 saturated carbocycles. The number of hydrogen-bond acceptors (Lipinski definition) is 9. The van der Waals surface area contributed by atoms with Crippen LogP contribution >= 0.6 is 0 Å². The second kappa shape index (κ2) is 13.1. The molecule has 0 aromatic rings. The van der Waals surface area contributed by atoms with Gasteiger partial charge in [0.2, 0.25) is 5.79 Å². The lowest BCUT2D eigenvalue weighted by Crippen LogP contribution is -2.55. The predicted molar refractivity (Wildman–Crippen MR) is 182 cm³/mol. The first kappa shape index (κ1) is 36.9. The lowest BCUT2D eigenvalue weighted by Gasteiger charge is -2.46. The SMILES string of the molecule is CO[C@]12C=C[C@](C)(O1)[C@@H](O[Si](C)(C)C(C)(C)C)C[C@H]1C(C)=CC[C@H](C(C)C)[C@H]1/C=C\2CO[C@H]1OC[C@@H]2OC(C)(C)O[C@@H]2[C@H]1OC(C)=O. The number of fused-ring (bicyclic) bond motifs is 4. The lowest BCUT2D eigenvalue weighted by atomic mass is 9.65. The second-order valence-corrected chi connectivity index (χ2v) is 21.5. The van der Waals surface area contributed by atoms with Crippen LogP contribution in [0.2, 0.25) is 18.1 Å². The Morgan fingerprint density at radius 2 is 1.83 bits per heavy atom. The number of allylic oxidation sites excluding steroid dienone is 3. The van der Waals surface area contributed by atoms with Crippen molar-refractivity contribution in [1.82, 2.24) is 0 Å². The average molecular weight is 677 g/mol. The topological polar surface area (TPSA) is 90.9 Å². The molecular weight excluding hydrogens is 616 g/mol. The minimum Gasteiger partial charge on any atom is -0.454 e. The van der Waals surface area contributed by atoms with Crippen LogP contribution in [0.5, 0.6) is 0 Å². The van der Waals surface area contributed by atoms with Crippen molar-refractivity contribution in [3.63, 3.8) is 0 Å². The van der Waals surface area contributed by atoms with Crippen molar-refractivity contribution in [1.29, 1.82) is 0 Å². The summed E-state index contributed by atoms with van der Waals surface area (Å²) >= 11 is 0. The van der Waals surface area contributed by atoms with Crippen molar-refractivity contribution in [2.24, 2.45) is 23.7 Å². The highest BCUT2D eigenvalue weighted by molar-refractivity contribution is 6.74. The lowest BCUT2D eigenvalue weighted by molar-refractivity contribution is -0.262. The van der Waals surface area contributed by atoms with Gasteiger partial charge in [-0.05, 0) is 94.5 Å². The number of methoxy groups -OCH3 is 1. The van der Waals surface area contributed by atoms with Gasteiger partial charge in [0, 0.05) is 19.6 Å². The van der Waals surface area contributed by atoms with E-state index in [1.54, 1.807) is 7.11 Å². The van der Waals surface area contributed by atoms with E-state index >= 15 is 0 Å². The van der Waals surface area contributed by atoms with Crippen LogP contribution in [-0.4, -0.2) is 82.5 Å². The summed E-state index contributed by atoms with van der Waals surface area (Å²) in [6.45, 7) is 26.0. The van der Waals surface area contributed by atoms with Crippen LogP contribution < -0.4 is 0 Å². The minimum absolute atomic E-state index is 0.0395. The van der Waals surface area contributed by atoms with Gasteiger partial charge in [-0.2, -0.15) is 0 Å². The Morgan fingerprint density at radius 3 is 2.45 bits per heavy atom. The van der Waals surface area contributed by atoms with E-state index in [2.05, 4.69) is 79.8 Å². The predicted octanol–water partition coefficient (Wildman–Crippen LogP) is 7.07. The highest BCUT2D eigenvalue weighted by Gasteiger charge is 2.56. The summed E-state index contributed by atoms with van der Waals surface area (Å²) < 4.78 is 51.4. The maximum absolute atomic E-state index is 12.2. The van der Waals surface area contributed by atoms with Crippen LogP contribution in [0.15, 0.2) is 35.5 Å². The fourth-order valence-electron chi connectivity index (χ4n) is 7.79. The van der Waals surface area contributed by atoms with Crippen molar-refractivity contribution in [2.45, 2.75) is 148 Å². The standard InChI is InChI=1S/C37H60O9Si/c1-22(2)26-15-14-23(3)27-19-30(45-47(12,13)34(5,6)7)36(10)16-17-37(39-11,46-36)25(18-28(26)27)20-40-33-32(42-24(4)38)31-29(21-41-33)43-35(8,9)44-31/h14,16-18,22,26-33H,15,19-21H2,1-13H3/b25-18-/t26-,27+,28-,29+,30+,31+,32-,33+,36+,37-/m1/s1. The van der Waals surface area contributed by atoms with Gasteiger partial charge in [-0.1, -0.05) is 52.3 Å². The molecule has 0 aromatic heterocycles. The molecule has 5 rings (SSSR count). The molecule has 10 atom stereocenters. The van der Waals surface area contributed by atoms with Gasteiger partial charge in [-0.15, -0.1) is 0 Å². The normalized spacial score (nSPS) is 41.2. The van der Waals surface area contributed by atoms with E-state index in [-0.39, 0.29) is 42.3 Å². The minimum atomic E-state index is -2.18. The zero-order valence-corrected chi connectivity index (χ0v) is 32.0. The molecule has 0 amide bonds. The third-order valence-electron chi connectivity index (χ3n) is 11.6. The molecule has 0 aromatic carbocycles. The fourth-order valence-corrected chi connectivity index (χ4v) is 9.18. The molecule has 2 saturated heterocycles. The number of carbonyl (C=O) groups is 1. The number of ether oxygens (including phenoxy) is 7. The molecule has 4 aliphatic heterocycles. The molecule has 2 fully saturated rings. The van der Waals surface area contributed by atoms with Crippen LogP contribution in [0, 0.1) is 23.7 Å². The maximum Gasteiger partial charge on any atom is 0.303 e. The summed E-state index contributed by atoms with van der Waals surface area (Å²) in [4.78, 5) is 12.2. The van der Waals surface area contributed by atoms with Gasteiger partial charge >= 0.3 is 5.97 Å². The van der Waals surface area contributed by atoms with E-state index in [1.807, 2.05) is 19.9 Å². The van der Waals surface area contributed by atoms with Gasteiger partial charge in [0.1, 0.15) is 17.8 Å². The molecule has 47 heavy (non-hydrogen) atoms. The molecule has 9 nitrogen and oxygen atoms in total. The monoisotopic (exact) mass is 676 g/mol. The van der Waals surface area contributed by atoms with Crippen molar-refractivity contribution in [3.8, 4) is 0 Å². The quantitative estimate of drug-likeness (QED) is 0.152. The molecule has 0 spiro atoms.